The maximum absolute atomic E-state index is 11.1. The average molecular weight is 267 g/mol. The van der Waals surface area contributed by atoms with E-state index in [0.717, 1.165) is 18.2 Å². The molecule has 5 nitrogen and oxygen atoms in total. The number of ether oxygens (including phenoxy) is 1. The summed E-state index contributed by atoms with van der Waals surface area (Å²) in [6.07, 6.45) is 3.07. The molecule has 6 heteroatoms. The number of rotatable bonds is 3. The molecule has 0 bridgehead atoms. The summed E-state index contributed by atoms with van der Waals surface area (Å²) < 4.78 is 5.96. The van der Waals surface area contributed by atoms with Crippen LogP contribution in [0.15, 0.2) is 5.38 Å². The topological polar surface area (TPSA) is 68.5 Å². The molecule has 1 saturated carbocycles. The second kappa shape index (κ2) is 4.51. The molecule has 3 rings (SSSR count). The molecule has 1 aromatic heterocycles. The normalized spacial score (nSPS) is 28.4. The molecule has 98 valence electrons. The van der Waals surface area contributed by atoms with E-state index in [9.17, 15) is 4.79 Å². The molecule has 0 spiro atoms. The minimum absolute atomic E-state index is 0.213. The Morgan fingerprint density at radius 3 is 2.94 bits per heavy atom. The van der Waals surface area contributed by atoms with Crippen molar-refractivity contribution >= 4 is 22.4 Å². The van der Waals surface area contributed by atoms with Gasteiger partial charge in [0.1, 0.15) is 5.69 Å². The Labute approximate surface area is 110 Å². The first kappa shape index (κ1) is 11.9. The van der Waals surface area contributed by atoms with E-state index in [1.54, 1.807) is 5.38 Å². The lowest BCUT2D eigenvalue weighted by molar-refractivity contribution is -0.0271. The standard InChI is InChI=1S/C12H17N3O2S/c1-7-4-15(5-10(17-7)8-2-3-8)12-14-9(6-18-12)11(13)16/h6-8,10H,2-5H2,1H3,(H2,13,16)/t7-,10-/m0/s1. The van der Waals surface area contributed by atoms with Crippen LogP contribution in [0.1, 0.15) is 30.3 Å². The molecule has 0 aromatic carbocycles. The van der Waals surface area contributed by atoms with Gasteiger partial charge in [0.25, 0.3) is 5.91 Å². The van der Waals surface area contributed by atoms with Crippen LogP contribution in [0.3, 0.4) is 0 Å². The van der Waals surface area contributed by atoms with Gasteiger partial charge in [-0.15, -0.1) is 11.3 Å². The molecule has 2 fully saturated rings. The Bertz CT molecular complexity index is 458. The number of aromatic nitrogens is 1. The van der Waals surface area contributed by atoms with Gasteiger partial charge < -0.3 is 15.4 Å². The van der Waals surface area contributed by atoms with E-state index in [4.69, 9.17) is 10.5 Å². The number of nitrogens with zero attached hydrogens (tertiary/aromatic N) is 2. The van der Waals surface area contributed by atoms with Gasteiger partial charge in [-0.3, -0.25) is 4.79 Å². The number of anilines is 1. The van der Waals surface area contributed by atoms with Gasteiger partial charge in [-0.25, -0.2) is 4.98 Å². The number of hydrogen-bond donors (Lipinski definition) is 1. The van der Waals surface area contributed by atoms with Gasteiger partial charge in [-0.2, -0.15) is 0 Å². The van der Waals surface area contributed by atoms with E-state index < -0.39 is 5.91 Å². The Kier molecular flexibility index (Phi) is 2.99. The minimum Gasteiger partial charge on any atom is -0.371 e. The third-order valence-corrected chi connectivity index (χ3v) is 4.35. The molecule has 0 unspecified atom stereocenters. The lowest BCUT2D eigenvalue weighted by Crippen LogP contribution is -2.47. The van der Waals surface area contributed by atoms with Crippen molar-refractivity contribution in [2.24, 2.45) is 11.7 Å². The Morgan fingerprint density at radius 2 is 2.33 bits per heavy atom. The minimum atomic E-state index is -0.461. The van der Waals surface area contributed by atoms with E-state index >= 15 is 0 Å². The molecule has 1 aliphatic carbocycles. The first-order valence-electron chi connectivity index (χ1n) is 6.29. The predicted molar refractivity (Wildman–Crippen MR) is 69.9 cm³/mol. The highest BCUT2D eigenvalue weighted by Crippen LogP contribution is 2.37. The van der Waals surface area contributed by atoms with Crippen LogP contribution in [0.4, 0.5) is 5.13 Å². The van der Waals surface area contributed by atoms with Crippen LogP contribution >= 0.6 is 11.3 Å². The molecule has 1 amide bonds. The van der Waals surface area contributed by atoms with E-state index in [0.29, 0.717) is 17.7 Å². The van der Waals surface area contributed by atoms with Crippen LogP contribution in [-0.4, -0.2) is 36.2 Å². The number of morpholine rings is 1. The number of hydrogen-bond acceptors (Lipinski definition) is 5. The second-order valence-corrected chi connectivity index (χ2v) is 5.94. The second-order valence-electron chi connectivity index (χ2n) is 5.11. The Balaban J connectivity index is 1.75. The zero-order valence-corrected chi connectivity index (χ0v) is 11.2. The number of thiazole rings is 1. The molecule has 0 radical (unpaired) electrons. The zero-order chi connectivity index (χ0) is 12.7. The largest absolute Gasteiger partial charge is 0.371 e. The van der Waals surface area contributed by atoms with Crippen molar-refractivity contribution in [3.05, 3.63) is 11.1 Å². The summed E-state index contributed by atoms with van der Waals surface area (Å²) >= 11 is 1.48. The first-order chi connectivity index (χ1) is 8.63. The summed E-state index contributed by atoms with van der Waals surface area (Å²) in [5.74, 6) is 0.253. The maximum atomic E-state index is 11.1. The summed E-state index contributed by atoms with van der Waals surface area (Å²) in [7, 11) is 0. The van der Waals surface area contributed by atoms with Gasteiger partial charge in [0.15, 0.2) is 5.13 Å². The van der Waals surface area contributed by atoms with Gasteiger partial charge in [0.05, 0.1) is 12.2 Å². The first-order valence-corrected chi connectivity index (χ1v) is 7.17. The number of carbonyl (C=O) groups excluding carboxylic acids is 1. The number of primary amides is 1. The van der Waals surface area contributed by atoms with Crippen LogP contribution in [0.5, 0.6) is 0 Å². The fraction of sp³-hybridized carbons (Fsp3) is 0.667. The fourth-order valence-corrected chi connectivity index (χ4v) is 3.23. The molecule has 2 aliphatic rings. The SMILES string of the molecule is C[C@H]1CN(c2nc(C(N)=O)cs2)C[C@@H](C2CC2)O1. The highest BCUT2D eigenvalue weighted by Gasteiger charge is 2.37. The third-order valence-electron chi connectivity index (χ3n) is 3.45. The monoisotopic (exact) mass is 267 g/mol. The number of carbonyl (C=O) groups is 1. The van der Waals surface area contributed by atoms with Crippen molar-refractivity contribution < 1.29 is 9.53 Å². The fourth-order valence-electron chi connectivity index (χ4n) is 2.39. The molecular weight excluding hydrogens is 250 g/mol. The third kappa shape index (κ3) is 2.35. The Hall–Kier alpha value is -1.14. The number of amides is 1. The molecule has 1 aliphatic heterocycles. The van der Waals surface area contributed by atoms with Crippen molar-refractivity contribution in [1.29, 1.82) is 0 Å². The molecular formula is C12H17N3O2S. The summed E-state index contributed by atoms with van der Waals surface area (Å²) in [5.41, 5.74) is 5.59. The van der Waals surface area contributed by atoms with Gasteiger partial charge in [-0.05, 0) is 25.7 Å². The van der Waals surface area contributed by atoms with Gasteiger partial charge in [0, 0.05) is 18.5 Å². The number of nitrogens with two attached hydrogens (primary N) is 1. The molecule has 2 heterocycles. The molecule has 1 saturated heterocycles. The van der Waals surface area contributed by atoms with E-state index in [-0.39, 0.29) is 6.10 Å². The maximum Gasteiger partial charge on any atom is 0.268 e. The van der Waals surface area contributed by atoms with Crippen LogP contribution in [0.25, 0.3) is 0 Å². The quantitative estimate of drug-likeness (QED) is 0.895. The van der Waals surface area contributed by atoms with Gasteiger partial charge in [-0.1, -0.05) is 0 Å². The van der Waals surface area contributed by atoms with Crippen molar-refractivity contribution in [1.82, 2.24) is 4.98 Å². The van der Waals surface area contributed by atoms with Crippen LogP contribution in [0, 0.1) is 5.92 Å². The van der Waals surface area contributed by atoms with Crippen LogP contribution in [0.2, 0.25) is 0 Å². The van der Waals surface area contributed by atoms with Crippen LogP contribution in [-0.2, 0) is 4.74 Å². The van der Waals surface area contributed by atoms with E-state index in [2.05, 4.69) is 16.8 Å². The van der Waals surface area contributed by atoms with E-state index in [1.165, 1.54) is 24.2 Å². The molecule has 2 atom stereocenters. The average Bonchev–Trinajstić information content (AvgIpc) is 3.05. The van der Waals surface area contributed by atoms with Crippen molar-refractivity contribution in [3.8, 4) is 0 Å². The molecule has 1 aromatic rings. The highest BCUT2D eigenvalue weighted by atomic mass is 32.1. The van der Waals surface area contributed by atoms with Crippen LogP contribution < -0.4 is 10.6 Å². The van der Waals surface area contributed by atoms with Crippen molar-refractivity contribution in [3.63, 3.8) is 0 Å². The van der Waals surface area contributed by atoms with Gasteiger partial charge in [0.2, 0.25) is 0 Å². The Morgan fingerprint density at radius 1 is 1.56 bits per heavy atom. The summed E-state index contributed by atoms with van der Waals surface area (Å²) in [5, 5.41) is 2.61. The summed E-state index contributed by atoms with van der Waals surface area (Å²) in [4.78, 5) is 17.6. The van der Waals surface area contributed by atoms with E-state index in [1.807, 2.05) is 0 Å². The lowest BCUT2D eigenvalue weighted by Gasteiger charge is -2.36. The zero-order valence-electron chi connectivity index (χ0n) is 10.3. The smallest absolute Gasteiger partial charge is 0.268 e. The van der Waals surface area contributed by atoms with Crippen molar-refractivity contribution in [2.75, 3.05) is 18.0 Å². The molecule has 18 heavy (non-hydrogen) atoms. The van der Waals surface area contributed by atoms with Crippen molar-refractivity contribution in [2.45, 2.75) is 32.0 Å². The summed E-state index contributed by atoms with van der Waals surface area (Å²) in [6, 6.07) is 0. The summed E-state index contributed by atoms with van der Waals surface area (Å²) in [6.45, 7) is 3.79. The predicted octanol–water partition coefficient (Wildman–Crippen LogP) is 1.25. The molecule has 2 N–H and O–H groups in total. The van der Waals surface area contributed by atoms with Gasteiger partial charge >= 0.3 is 0 Å². The lowest BCUT2D eigenvalue weighted by atomic mass is 10.1. The highest BCUT2D eigenvalue weighted by molar-refractivity contribution is 7.13.